The van der Waals surface area contributed by atoms with Crippen LogP contribution in [0.3, 0.4) is 0 Å². The molecule has 0 amide bonds. The van der Waals surface area contributed by atoms with Crippen LogP contribution in [0.25, 0.3) is 137 Å². The second-order valence-electron chi connectivity index (χ2n) is 16.5. The minimum Gasteiger partial charge on any atom is -0.437 e. The summed E-state index contributed by atoms with van der Waals surface area (Å²) in [5.74, 6) is 0.566. The predicted octanol–water partition coefficient (Wildman–Crippen LogP) is 14.5. The van der Waals surface area contributed by atoms with E-state index in [1.165, 1.54) is 59.6 Å². The van der Waals surface area contributed by atoms with Crippen molar-refractivity contribution in [3.8, 4) is 22.9 Å². The van der Waals surface area contributed by atoms with Gasteiger partial charge in [-0.1, -0.05) is 127 Å². The molecule has 0 spiro atoms. The van der Waals surface area contributed by atoms with E-state index >= 15 is 0 Å². The molecule has 6 heterocycles. The van der Waals surface area contributed by atoms with Gasteiger partial charge in [-0.25, -0.2) is 4.98 Å². The summed E-state index contributed by atoms with van der Waals surface area (Å²) in [6.45, 7) is 0. The molecule has 0 unspecified atom stereocenters. The summed E-state index contributed by atoms with van der Waals surface area (Å²) in [7, 11) is 0. The first-order valence-electron chi connectivity index (χ1n) is 21.1. The lowest BCUT2D eigenvalue weighted by atomic mass is 9.98. The fourth-order valence-electron chi connectivity index (χ4n) is 10.9. The van der Waals surface area contributed by atoms with Crippen LogP contribution in [0.4, 0.5) is 0 Å². The molecule has 6 nitrogen and oxygen atoms in total. The maximum Gasteiger partial charge on any atom is 0.238 e. The zero-order chi connectivity index (χ0) is 40.2. The van der Waals surface area contributed by atoms with Crippen LogP contribution in [0.15, 0.2) is 192 Å². The van der Waals surface area contributed by atoms with Gasteiger partial charge in [-0.15, -0.1) is 0 Å². The largest absolute Gasteiger partial charge is 0.437 e. The van der Waals surface area contributed by atoms with Crippen molar-refractivity contribution in [1.82, 2.24) is 23.5 Å². The van der Waals surface area contributed by atoms with Gasteiger partial charge in [0.2, 0.25) is 11.7 Å². The van der Waals surface area contributed by atoms with Crippen LogP contribution in [-0.4, -0.2) is 23.5 Å². The summed E-state index contributed by atoms with van der Waals surface area (Å²) in [5.41, 5.74) is 12.3. The van der Waals surface area contributed by atoms with Crippen molar-refractivity contribution in [2.24, 2.45) is 0 Å². The van der Waals surface area contributed by atoms with Crippen molar-refractivity contribution in [2.45, 2.75) is 0 Å². The molecule has 6 aromatic heterocycles. The van der Waals surface area contributed by atoms with E-state index in [1.807, 2.05) is 12.1 Å². The van der Waals surface area contributed by atoms with Gasteiger partial charge in [0.05, 0.1) is 49.7 Å². The van der Waals surface area contributed by atoms with Crippen LogP contribution in [-0.2, 0) is 0 Å². The highest BCUT2D eigenvalue weighted by molar-refractivity contribution is 6.39. The zero-order valence-electron chi connectivity index (χ0n) is 33.0. The Labute approximate surface area is 352 Å². The van der Waals surface area contributed by atoms with Gasteiger partial charge < -0.3 is 13.4 Å². The number of rotatable bonds is 3. The first-order valence-corrected chi connectivity index (χ1v) is 21.1. The first kappa shape index (κ1) is 32.4. The molecule has 62 heavy (non-hydrogen) atoms. The SMILES string of the molecule is c1ccc(-n2c3ccccc3c3cc(-c4nc(-n5c6ccccc6c6c7c8c9ccccc9ccc8n8c9ccccc9c(cc65)c78)nc5oc6ccccc6c45)ccc32)cc1. The Morgan fingerprint density at radius 1 is 0.371 bits per heavy atom. The molecule has 0 N–H and O–H groups in total. The molecular weight excluding hydrogens is 759 g/mol. The number of fused-ring (bicyclic) bond motifs is 18. The number of aromatic nitrogens is 5. The van der Waals surface area contributed by atoms with E-state index in [4.69, 9.17) is 14.4 Å². The topological polar surface area (TPSA) is 53.2 Å². The molecule has 0 radical (unpaired) electrons. The van der Waals surface area contributed by atoms with Crippen molar-refractivity contribution < 1.29 is 4.42 Å². The minimum atomic E-state index is 0.558. The summed E-state index contributed by atoms with van der Waals surface area (Å²) in [4.78, 5) is 11.0. The Hall–Kier alpha value is -8.48. The summed E-state index contributed by atoms with van der Waals surface area (Å²) in [5, 5.41) is 14.0. The molecule has 15 aromatic rings. The lowest BCUT2D eigenvalue weighted by molar-refractivity contribution is 0.651. The summed E-state index contributed by atoms with van der Waals surface area (Å²) >= 11 is 0. The van der Waals surface area contributed by atoms with Gasteiger partial charge in [-0.2, -0.15) is 4.98 Å². The normalized spacial score (nSPS) is 12.5. The van der Waals surface area contributed by atoms with Crippen LogP contribution in [0.5, 0.6) is 0 Å². The summed E-state index contributed by atoms with van der Waals surface area (Å²) < 4.78 is 13.8. The van der Waals surface area contributed by atoms with E-state index in [2.05, 4.69) is 189 Å². The molecule has 0 aliphatic carbocycles. The van der Waals surface area contributed by atoms with Gasteiger partial charge in [0.15, 0.2) is 0 Å². The summed E-state index contributed by atoms with van der Waals surface area (Å²) in [6.07, 6.45) is 0. The number of para-hydroxylation sites is 5. The number of furan rings is 1. The second-order valence-corrected chi connectivity index (χ2v) is 16.5. The molecule has 9 aromatic carbocycles. The van der Waals surface area contributed by atoms with Crippen LogP contribution < -0.4 is 0 Å². The molecule has 0 aliphatic heterocycles. The van der Waals surface area contributed by atoms with E-state index in [0.717, 1.165) is 66.1 Å². The minimum absolute atomic E-state index is 0.558. The molecule has 0 aliphatic rings. The van der Waals surface area contributed by atoms with Gasteiger partial charge >= 0.3 is 0 Å². The maximum absolute atomic E-state index is 6.69. The monoisotopic (exact) mass is 789 g/mol. The average Bonchev–Trinajstić information content (AvgIpc) is 4.13. The van der Waals surface area contributed by atoms with Crippen molar-refractivity contribution in [2.75, 3.05) is 0 Å². The van der Waals surface area contributed by atoms with Crippen LogP contribution in [0, 0.1) is 0 Å². The Bertz CT molecular complexity index is 4390. The maximum atomic E-state index is 6.69. The molecule has 0 fully saturated rings. The highest BCUT2D eigenvalue weighted by atomic mass is 16.3. The molecule has 0 bridgehead atoms. The Balaban J connectivity index is 1.09. The quantitative estimate of drug-likeness (QED) is 0.179. The smallest absolute Gasteiger partial charge is 0.238 e. The van der Waals surface area contributed by atoms with E-state index in [1.54, 1.807) is 0 Å². The van der Waals surface area contributed by atoms with Crippen LogP contribution >= 0.6 is 0 Å². The standard InChI is InChI=1S/C56H31N5O/c1-2-15-34(16-3-1)59-42-22-10-6-18-36(42)40-30-33(27-28-45(40)59)53-51-39-21-9-13-25-48(39)62-55(51)58-56(57-53)61-44-24-12-8-20-38(44)50-47(61)31-41-37-19-7-11-23-43(37)60-46-29-26-32-14-4-5-17-35(32)49(46)52(50)54(41)60/h1-31H. The van der Waals surface area contributed by atoms with Crippen molar-refractivity contribution in [3.05, 3.63) is 188 Å². The number of nitrogens with zero attached hydrogens (tertiary/aromatic N) is 5. The second kappa shape index (κ2) is 11.6. The molecule has 0 saturated heterocycles. The van der Waals surface area contributed by atoms with E-state index in [-0.39, 0.29) is 0 Å². The van der Waals surface area contributed by atoms with E-state index in [9.17, 15) is 0 Å². The Kier molecular flexibility index (Phi) is 6.07. The highest BCUT2D eigenvalue weighted by Gasteiger charge is 2.27. The molecule has 0 atom stereocenters. The molecule has 0 saturated carbocycles. The Morgan fingerprint density at radius 3 is 1.84 bits per heavy atom. The van der Waals surface area contributed by atoms with Gasteiger partial charge in [-0.3, -0.25) is 4.57 Å². The highest BCUT2D eigenvalue weighted by Crippen LogP contribution is 2.48. The van der Waals surface area contributed by atoms with E-state index < -0.39 is 0 Å². The van der Waals surface area contributed by atoms with Gasteiger partial charge in [-0.05, 0) is 71.4 Å². The molecule has 15 rings (SSSR count). The van der Waals surface area contributed by atoms with Gasteiger partial charge in [0, 0.05) is 59.7 Å². The van der Waals surface area contributed by atoms with Crippen molar-refractivity contribution in [1.29, 1.82) is 0 Å². The van der Waals surface area contributed by atoms with E-state index in [0.29, 0.717) is 11.7 Å². The zero-order valence-corrected chi connectivity index (χ0v) is 33.0. The predicted molar refractivity (Wildman–Crippen MR) is 256 cm³/mol. The average molecular weight is 790 g/mol. The number of hydrogen-bond acceptors (Lipinski definition) is 3. The third-order valence-electron chi connectivity index (χ3n) is 13.4. The number of benzene rings is 9. The van der Waals surface area contributed by atoms with Crippen molar-refractivity contribution >= 4 is 115 Å². The first-order chi connectivity index (χ1) is 30.8. The summed E-state index contributed by atoms with van der Waals surface area (Å²) in [6, 6.07) is 67.4. The number of hydrogen-bond donors (Lipinski definition) is 0. The fourth-order valence-corrected chi connectivity index (χ4v) is 10.9. The van der Waals surface area contributed by atoms with Gasteiger partial charge in [0.1, 0.15) is 5.58 Å². The lowest BCUT2D eigenvalue weighted by Gasteiger charge is -2.11. The lowest BCUT2D eigenvalue weighted by Crippen LogP contribution is -2.03. The Morgan fingerprint density at radius 2 is 1.00 bits per heavy atom. The molecule has 6 heteroatoms. The molecule has 286 valence electrons. The van der Waals surface area contributed by atoms with Crippen LogP contribution in [0.2, 0.25) is 0 Å². The fraction of sp³-hybridized carbons (Fsp3) is 0. The van der Waals surface area contributed by atoms with Crippen LogP contribution in [0.1, 0.15) is 0 Å². The van der Waals surface area contributed by atoms with Crippen molar-refractivity contribution in [3.63, 3.8) is 0 Å². The third kappa shape index (κ3) is 4.04. The van der Waals surface area contributed by atoms with Gasteiger partial charge in [0.25, 0.3) is 0 Å². The molecular formula is C56H31N5O. The third-order valence-corrected chi connectivity index (χ3v) is 13.4.